The summed E-state index contributed by atoms with van der Waals surface area (Å²) in [4.78, 5) is 9.59. The standard InChI is InChI=1S/C15H15N3O2S/c1-19-11-4-2-10(3-5-11)8-20-9-13-17-14(16)12-6-7-21-15(12)18-13/h2-7H,8-9H2,1H3,(H2,16,17,18). The van der Waals surface area contributed by atoms with E-state index in [0.717, 1.165) is 21.5 Å². The van der Waals surface area contributed by atoms with Gasteiger partial charge in [0.05, 0.1) is 19.1 Å². The number of nitrogens with two attached hydrogens (primary N) is 1. The van der Waals surface area contributed by atoms with Crippen LogP contribution in [0.15, 0.2) is 35.7 Å². The average Bonchev–Trinajstić information content (AvgIpc) is 2.97. The maximum atomic E-state index is 5.90. The zero-order valence-corrected chi connectivity index (χ0v) is 12.4. The van der Waals surface area contributed by atoms with E-state index in [1.807, 2.05) is 35.7 Å². The third-order valence-electron chi connectivity index (χ3n) is 3.06. The van der Waals surface area contributed by atoms with Crippen molar-refractivity contribution in [3.8, 4) is 5.75 Å². The van der Waals surface area contributed by atoms with Crippen LogP contribution in [0.3, 0.4) is 0 Å². The highest BCUT2D eigenvalue weighted by atomic mass is 32.1. The number of methoxy groups -OCH3 is 1. The van der Waals surface area contributed by atoms with E-state index in [2.05, 4.69) is 9.97 Å². The number of hydrogen-bond acceptors (Lipinski definition) is 6. The van der Waals surface area contributed by atoms with Crippen molar-refractivity contribution in [2.24, 2.45) is 0 Å². The van der Waals surface area contributed by atoms with Crippen LogP contribution in [0.2, 0.25) is 0 Å². The van der Waals surface area contributed by atoms with Crippen molar-refractivity contribution in [3.63, 3.8) is 0 Å². The number of nitrogen functional groups attached to an aromatic ring is 1. The first-order chi connectivity index (χ1) is 10.3. The molecule has 0 fully saturated rings. The van der Waals surface area contributed by atoms with E-state index in [1.54, 1.807) is 18.4 Å². The number of anilines is 1. The first-order valence-corrected chi connectivity index (χ1v) is 7.34. The van der Waals surface area contributed by atoms with Gasteiger partial charge >= 0.3 is 0 Å². The molecular formula is C15H15N3O2S. The van der Waals surface area contributed by atoms with E-state index in [-0.39, 0.29) is 0 Å². The molecule has 0 aliphatic heterocycles. The van der Waals surface area contributed by atoms with Gasteiger partial charge < -0.3 is 15.2 Å². The molecule has 2 aromatic heterocycles. The van der Waals surface area contributed by atoms with Crippen LogP contribution in [0.5, 0.6) is 5.75 Å². The minimum atomic E-state index is 0.337. The molecular weight excluding hydrogens is 286 g/mol. The highest BCUT2D eigenvalue weighted by molar-refractivity contribution is 7.16. The molecule has 21 heavy (non-hydrogen) atoms. The van der Waals surface area contributed by atoms with Crippen molar-refractivity contribution in [2.45, 2.75) is 13.2 Å². The molecule has 0 saturated heterocycles. The highest BCUT2D eigenvalue weighted by Gasteiger charge is 2.06. The first-order valence-electron chi connectivity index (χ1n) is 6.46. The van der Waals surface area contributed by atoms with Gasteiger partial charge in [-0.25, -0.2) is 9.97 Å². The fourth-order valence-corrected chi connectivity index (χ4v) is 2.76. The monoisotopic (exact) mass is 301 g/mol. The number of benzene rings is 1. The van der Waals surface area contributed by atoms with E-state index in [4.69, 9.17) is 15.2 Å². The molecule has 2 N–H and O–H groups in total. The summed E-state index contributed by atoms with van der Waals surface area (Å²) in [5.41, 5.74) is 6.97. The van der Waals surface area contributed by atoms with Crippen LogP contribution in [-0.4, -0.2) is 17.1 Å². The summed E-state index contributed by atoms with van der Waals surface area (Å²) >= 11 is 1.55. The van der Waals surface area contributed by atoms with Crippen LogP contribution in [0, 0.1) is 0 Å². The van der Waals surface area contributed by atoms with Gasteiger partial charge in [-0.05, 0) is 29.1 Å². The lowest BCUT2D eigenvalue weighted by Crippen LogP contribution is -2.02. The Balaban J connectivity index is 1.63. The molecule has 0 spiro atoms. The van der Waals surface area contributed by atoms with Gasteiger partial charge in [0.2, 0.25) is 0 Å². The summed E-state index contributed by atoms with van der Waals surface area (Å²) in [6.07, 6.45) is 0. The zero-order chi connectivity index (χ0) is 14.7. The Morgan fingerprint density at radius 2 is 1.90 bits per heavy atom. The van der Waals surface area contributed by atoms with Crippen LogP contribution in [-0.2, 0) is 18.0 Å². The van der Waals surface area contributed by atoms with Gasteiger partial charge in [-0.1, -0.05) is 12.1 Å². The number of hydrogen-bond donors (Lipinski definition) is 1. The molecule has 5 nitrogen and oxygen atoms in total. The Morgan fingerprint density at radius 3 is 2.67 bits per heavy atom. The molecule has 6 heteroatoms. The molecule has 0 amide bonds. The Morgan fingerprint density at radius 1 is 1.10 bits per heavy atom. The maximum absolute atomic E-state index is 5.90. The molecule has 0 atom stereocenters. The van der Waals surface area contributed by atoms with Gasteiger partial charge in [0.25, 0.3) is 0 Å². The molecule has 1 aromatic carbocycles. The average molecular weight is 301 g/mol. The molecule has 0 bridgehead atoms. The molecule has 2 heterocycles. The van der Waals surface area contributed by atoms with Crippen LogP contribution < -0.4 is 10.5 Å². The van der Waals surface area contributed by atoms with Crippen molar-refractivity contribution < 1.29 is 9.47 Å². The third kappa shape index (κ3) is 3.12. The topological polar surface area (TPSA) is 70.3 Å². The minimum Gasteiger partial charge on any atom is -0.497 e. The van der Waals surface area contributed by atoms with Crippen LogP contribution in [0.1, 0.15) is 11.4 Å². The third-order valence-corrected chi connectivity index (χ3v) is 3.87. The van der Waals surface area contributed by atoms with E-state index < -0.39 is 0 Å². The number of rotatable bonds is 5. The summed E-state index contributed by atoms with van der Waals surface area (Å²) in [6.45, 7) is 0.833. The van der Waals surface area contributed by atoms with Gasteiger partial charge in [-0.2, -0.15) is 0 Å². The number of aromatic nitrogens is 2. The van der Waals surface area contributed by atoms with E-state index in [9.17, 15) is 0 Å². The van der Waals surface area contributed by atoms with Crippen LogP contribution in [0.4, 0.5) is 5.82 Å². The van der Waals surface area contributed by atoms with Crippen molar-refractivity contribution in [2.75, 3.05) is 12.8 Å². The molecule has 0 aliphatic carbocycles. The van der Waals surface area contributed by atoms with Crippen molar-refractivity contribution >= 4 is 27.4 Å². The van der Waals surface area contributed by atoms with Gasteiger partial charge in [0.1, 0.15) is 23.0 Å². The van der Waals surface area contributed by atoms with Gasteiger partial charge in [-0.15, -0.1) is 11.3 Å². The second-order valence-electron chi connectivity index (χ2n) is 4.51. The van der Waals surface area contributed by atoms with E-state index in [0.29, 0.717) is 24.9 Å². The Labute approximate surface area is 126 Å². The fraction of sp³-hybridized carbons (Fsp3) is 0.200. The van der Waals surface area contributed by atoms with Gasteiger partial charge in [-0.3, -0.25) is 0 Å². The quantitative estimate of drug-likeness (QED) is 0.784. The summed E-state index contributed by atoms with van der Waals surface area (Å²) in [6, 6.07) is 9.68. The lowest BCUT2D eigenvalue weighted by atomic mass is 10.2. The number of ether oxygens (including phenoxy) is 2. The van der Waals surface area contributed by atoms with E-state index in [1.165, 1.54) is 0 Å². The summed E-state index contributed by atoms with van der Waals surface area (Å²) in [7, 11) is 1.65. The first kappa shape index (κ1) is 13.8. The van der Waals surface area contributed by atoms with Crippen molar-refractivity contribution in [3.05, 3.63) is 47.1 Å². The lowest BCUT2D eigenvalue weighted by Gasteiger charge is -2.06. The summed E-state index contributed by atoms with van der Waals surface area (Å²) in [5, 5.41) is 2.86. The Bertz CT molecular complexity index is 740. The predicted molar refractivity (Wildman–Crippen MR) is 83.3 cm³/mol. The molecule has 0 unspecified atom stereocenters. The second kappa shape index (κ2) is 6.07. The minimum absolute atomic E-state index is 0.337. The largest absolute Gasteiger partial charge is 0.497 e. The number of nitrogens with zero attached hydrogens (tertiary/aromatic N) is 2. The smallest absolute Gasteiger partial charge is 0.158 e. The number of fused-ring (bicyclic) bond motifs is 1. The molecule has 3 aromatic rings. The SMILES string of the molecule is COc1ccc(COCc2nc(N)c3ccsc3n2)cc1. The van der Waals surface area contributed by atoms with Gasteiger partial charge in [0.15, 0.2) is 5.82 Å². The Kier molecular flexibility index (Phi) is 3.98. The number of thiophene rings is 1. The molecule has 0 aliphatic rings. The van der Waals surface area contributed by atoms with Crippen molar-refractivity contribution in [1.29, 1.82) is 0 Å². The van der Waals surface area contributed by atoms with Crippen LogP contribution >= 0.6 is 11.3 Å². The zero-order valence-electron chi connectivity index (χ0n) is 11.6. The maximum Gasteiger partial charge on any atom is 0.158 e. The molecule has 0 radical (unpaired) electrons. The lowest BCUT2D eigenvalue weighted by molar-refractivity contribution is 0.102. The van der Waals surface area contributed by atoms with Crippen molar-refractivity contribution in [1.82, 2.24) is 9.97 Å². The van der Waals surface area contributed by atoms with E-state index >= 15 is 0 Å². The fourth-order valence-electron chi connectivity index (χ4n) is 1.97. The molecule has 108 valence electrons. The van der Waals surface area contributed by atoms with Gasteiger partial charge in [0, 0.05) is 0 Å². The Hall–Kier alpha value is -2.18. The summed E-state index contributed by atoms with van der Waals surface area (Å²) < 4.78 is 10.8. The molecule has 0 saturated carbocycles. The predicted octanol–water partition coefficient (Wildman–Crippen LogP) is 3.00. The normalized spacial score (nSPS) is 10.9. The summed E-state index contributed by atoms with van der Waals surface area (Å²) in [5.74, 6) is 1.94. The molecule has 3 rings (SSSR count). The highest BCUT2D eigenvalue weighted by Crippen LogP contribution is 2.23. The second-order valence-corrected chi connectivity index (χ2v) is 5.40. The van der Waals surface area contributed by atoms with Crippen LogP contribution in [0.25, 0.3) is 10.2 Å².